The van der Waals surface area contributed by atoms with Crippen LogP contribution in [0.2, 0.25) is 0 Å². The van der Waals surface area contributed by atoms with Gasteiger partial charge in [-0.1, -0.05) is 0 Å². The highest BCUT2D eigenvalue weighted by molar-refractivity contribution is 5.95. The molecule has 1 aromatic carbocycles. The van der Waals surface area contributed by atoms with Crippen LogP contribution >= 0.6 is 0 Å². The van der Waals surface area contributed by atoms with Crippen molar-refractivity contribution in [3.63, 3.8) is 0 Å². The Balaban J connectivity index is 3.32. The van der Waals surface area contributed by atoms with Crippen LogP contribution in [0.15, 0.2) is 12.1 Å². The van der Waals surface area contributed by atoms with Crippen LogP contribution in [0.5, 0.6) is 5.75 Å². The Labute approximate surface area is 89.3 Å². The minimum Gasteiger partial charge on any atom is -0.492 e. The van der Waals surface area contributed by atoms with Gasteiger partial charge in [0.15, 0.2) is 5.78 Å². The first-order valence-corrected chi connectivity index (χ1v) is 4.78. The number of ketones is 1. The Hall–Kier alpha value is -1.82. The van der Waals surface area contributed by atoms with Crippen molar-refractivity contribution >= 4 is 5.78 Å². The Morgan fingerprint density at radius 2 is 2.20 bits per heavy atom. The van der Waals surface area contributed by atoms with Gasteiger partial charge in [0.2, 0.25) is 0 Å². The SMILES string of the molecule is CCOc1c(C)cc(C(C)=O)cc1C#N. The summed E-state index contributed by atoms with van der Waals surface area (Å²) >= 11 is 0. The van der Waals surface area contributed by atoms with E-state index in [9.17, 15) is 4.79 Å². The molecule has 0 fully saturated rings. The number of carbonyl (C=O) groups is 1. The Morgan fingerprint density at radius 3 is 2.67 bits per heavy atom. The van der Waals surface area contributed by atoms with E-state index in [0.29, 0.717) is 23.5 Å². The van der Waals surface area contributed by atoms with Crippen LogP contribution < -0.4 is 4.74 Å². The van der Waals surface area contributed by atoms with Crippen LogP contribution in [0.25, 0.3) is 0 Å². The Kier molecular flexibility index (Phi) is 3.46. The molecular weight excluding hydrogens is 190 g/mol. The van der Waals surface area contributed by atoms with E-state index >= 15 is 0 Å². The molecule has 1 aromatic rings. The molecule has 0 amide bonds. The smallest absolute Gasteiger partial charge is 0.159 e. The van der Waals surface area contributed by atoms with Crippen molar-refractivity contribution in [2.24, 2.45) is 0 Å². The second kappa shape index (κ2) is 4.61. The van der Waals surface area contributed by atoms with E-state index in [2.05, 4.69) is 0 Å². The molecule has 15 heavy (non-hydrogen) atoms. The summed E-state index contributed by atoms with van der Waals surface area (Å²) in [4.78, 5) is 11.2. The van der Waals surface area contributed by atoms with Gasteiger partial charge in [-0.25, -0.2) is 0 Å². The summed E-state index contributed by atoms with van der Waals surface area (Å²) in [5.74, 6) is 0.530. The number of Topliss-reactive ketones (excluding diaryl/α,β-unsaturated/α-hetero) is 1. The standard InChI is InChI=1S/C12H13NO2/c1-4-15-12-8(2)5-10(9(3)14)6-11(12)7-13/h5-6H,4H2,1-3H3. The van der Waals surface area contributed by atoms with Crippen molar-refractivity contribution in [2.45, 2.75) is 20.8 Å². The molecule has 0 spiro atoms. The lowest BCUT2D eigenvalue weighted by atomic mass is 10.0. The number of benzene rings is 1. The maximum absolute atomic E-state index is 11.2. The minimum atomic E-state index is -0.0438. The van der Waals surface area contributed by atoms with Crippen LogP contribution in [0.1, 0.15) is 35.3 Å². The lowest BCUT2D eigenvalue weighted by Crippen LogP contribution is -2.01. The zero-order chi connectivity index (χ0) is 11.4. The molecule has 0 aliphatic carbocycles. The molecule has 0 aliphatic rings. The Morgan fingerprint density at radius 1 is 1.53 bits per heavy atom. The number of ether oxygens (including phenoxy) is 1. The van der Waals surface area contributed by atoms with E-state index in [0.717, 1.165) is 5.56 Å². The molecule has 1 rings (SSSR count). The first kappa shape index (κ1) is 11.3. The van der Waals surface area contributed by atoms with E-state index in [1.165, 1.54) is 6.92 Å². The predicted octanol–water partition coefficient (Wildman–Crippen LogP) is 2.47. The van der Waals surface area contributed by atoms with E-state index in [1.54, 1.807) is 12.1 Å². The summed E-state index contributed by atoms with van der Waals surface area (Å²) in [6, 6.07) is 5.35. The van der Waals surface area contributed by atoms with Crippen molar-refractivity contribution in [3.8, 4) is 11.8 Å². The van der Waals surface area contributed by atoms with Gasteiger partial charge in [-0.15, -0.1) is 0 Å². The fourth-order valence-corrected chi connectivity index (χ4v) is 1.40. The third-order valence-corrected chi connectivity index (χ3v) is 2.09. The second-order valence-electron chi connectivity index (χ2n) is 3.27. The molecule has 0 unspecified atom stereocenters. The first-order valence-electron chi connectivity index (χ1n) is 4.78. The quantitative estimate of drug-likeness (QED) is 0.709. The van der Waals surface area contributed by atoms with E-state index < -0.39 is 0 Å². The highest BCUT2D eigenvalue weighted by atomic mass is 16.5. The van der Waals surface area contributed by atoms with Crippen molar-refractivity contribution < 1.29 is 9.53 Å². The number of nitrogens with zero attached hydrogens (tertiary/aromatic N) is 1. The second-order valence-corrected chi connectivity index (χ2v) is 3.27. The van der Waals surface area contributed by atoms with Crippen molar-refractivity contribution in [2.75, 3.05) is 6.61 Å². The summed E-state index contributed by atoms with van der Waals surface area (Å²) in [6.07, 6.45) is 0. The van der Waals surface area contributed by atoms with Crippen molar-refractivity contribution in [3.05, 3.63) is 28.8 Å². The van der Waals surface area contributed by atoms with Gasteiger partial charge in [0.25, 0.3) is 0 Å². The summed E-state index contributed by atoms with van der Waals surface area (Å²) in [5.41, 5.74) is 1.79. The van der Waals surface area contributed by atoms with Gasteiger partial charge in [-0.3, -0.25) is 4.79 Å². The maximum atomic E-state index is 11.2. The number of rotatable bonds is 3. The van der Waals surface area contributed by atoms with Gasteiger partial charge >= 0.3 is 0 Å². The molecule has 0 aliphatic heterocycles. The largest absolute Gasteiger partial charge is 0.492 e. The lowest BCUT2D eigenvalue weighted by Gasteiger charge is -2.10. The van der Waals surface area contributed by atoms with E-state index in [-0.39, 0.29) is 5.78 Å². The molecule has 0 atom stereocenters. The van der Waals surface area contributed by atoms with Gasteiger partial charge in [0.05, 0.1) is 12.2 Å². The number of aryl methyl sites for hydroxylation is 1. The number of hydrogen-bond donors (Lipinski definition) is 0. The van der Waals surface area contributed by atoms with Gasteiger partial charge in [0, 0.05) is 5.56 Å². The van der Waals surface area contributed by atoms with Gasteiger partial charge in [0.1, 0.15) is 11.8 Å². The van der Waals surface area contributed by atoms with Crippen LogP contribution in [0.3, 0.4) is 0 Å². The fraction of sp³-hybridized carbons (Fsp3) is 0.333. The van der Waals surface area contributed by atoms with E-state index in [4.69, 9.17) is 10.00 Å². The molecule has 0 bridgehead atoms. The molecule has 0 aromatic heterocycles. The van der Waals surface area contributed by atoms with Crippen molar-refractivity contribution in [1.82, 2.24) is 0 Å². The Bertz CT molecular complexity index is 430. The van der Waals surface area contributed by atoms with Crippen molar-refractivity contribution in [1.29, 1.82) is 5.26 Å². The van der Waals surface area contributed by atoms with Gasteiger partial charge < -0.3 is 4.74 Å². The van der Waals surface area contributed by atoms with E-state index in [1.807, 2.05) is 19.9 Å². The number of carbonyl (C=O) groups excluding carboxylic acids is 1. The number of hydrogen-bond acceptors (Lipinski definition) is 3. The highest BCUT2D eigenvalue weighted by Crippen LogP contribution is 2.25. The van der Waals surface area contributed by atoms with Crippen LogP contribution in [-0.4, -0.2) is 12.4 Å². The van der Waals surface area contributed by atoms with Crippen LogP contribution in [0, 0.1) is 18.3 Å². The molecule has 0 N–H and O–H groups in total. The monoisotopic (exact) mass is 203 g/mol. The highest BCUT2D eigenvalue weighted by Gasteiger charge is 2.10. The summed E-state index contributed by atoms with van der Waals surface area (Å²) < 4.78 is 5.36. The van der Waals surface area contributed by atoms with Gasteiger partial charge in [-0.05, 0) is 38.5 Å². The first-order chi connectivity index (χ1) is 7.10. The van der Waals surface area contributed by atoms with Crippen LogP contribution in [-0.2, 0) is 0 Å². The fourth-order valence-electron chi connectivity index (χ4n) is 1.40. The zero-order valence-corrected chi connectivity index (χ0v) is 9.13. The molecule has 3 heteroatoms. The van der Waals surface area contributed by atoms with Gasteiger partial charge in [-0.2, -0.15) is 5.26 Å². The minimum absolute atomic E-state index is 0.0438. The zero-order valence-electron chi connectivity index (χ0n) is 9.13. The average Bonchev–Trinajstić information content (AvgIpc) is 2.20. The molecule has 78 valence electrons. The van der Waals surface area contributed by atoms with Crippen LogP contribution in [0.4, 0.5) is 0 Å². The molecule has 0 heterocycles. The molecule has 0 saturated heterocycles. The molecule has 0 radical (unpaired) electrons. The molecule has 3 nitrogen and oxygen atoms in total. The summed E-state index contributed by atoms with van der Waals surface area (Å²) in [6.45, 7) is 5.68. The average molecular weight is 203 g/mol. The normalized spacial score (nSPS) is 9.47. The summed E-state index contributed by atoms with van der Waals surface area (Å²) in [7, 11) is 0. The topological polar surface area (TPSA) is 50.1 Å². The molecule has 0 saturated carbocycles. The third kappa shape index (κ3) is 2.35. The maximum Gasteiger partial charge on any atom is 0.159 e. The lowest BCUT2D eigenvalue weighted by molar-refractivity contribution is 0.101. The molecular formula is C12H13NO2. The third-order valence-electron chi connectivity index (χ3n) is 2.09. The number of nitriles is 1. The predicted molar refractivity (Wildman–Crippen MR) is 57.1 cm³/mol. The summed E-state index contributed by atoms with van der Waals surface area (Å²) in [5, 5.41) is 8.93.